The van der Waals surface area contributed by atoms with E-state index >= 15 is 0 Å². The zero-order valence-corrected chi connectivity index (χ0v) is 15.9. The number of para-hydroxylation sites is 1. The largest absolute Gasteiger partial charge is 0.455 e. The maximum absolute atomic E-state index is 11.9. The quantitative estimate of drug-likeness (QED) is 0.451. The lowest BCUT2D eigenvalue weighted by Crippen LogP contribution is -2.22. The molecule has 0 bridgehead atoms. The molecule has 0 aliphatic carbocycles. The molecule has 1 N–H and O–H groups in total. The van der Waals surface area contributed by atoms with Crippen LogP contribution < -0.4 is 5.32 Å². The molecule has 132 valence electrons. The van der Waals surface area contributed by atoms with Crippen molar-refractivity contribution in [1.82, 2.24) is 9.97 Å². The maximum Gasteiger partial charge on any atom is 0.316 e. The number of esters is 1. The Morgan fingerprint density at radius 2 is 1.84 bits per heavy atom. The van der Waals surface area contributed by atoms with Gasteiger partial charge in [-0.15, -0.1) is 11.8 Å². The molecule has 2 aromatic rings. The fraction of sp³-hybridized carbons (Fsp3) is 0.294. The highest BCUT2D eigenvalue weighted by Gasteiger charge is 2.11. The van der Waals surface area contributed by atoms with Crippen LogP contribution in [0.2, 0.25) is 0 Å². The molecule has 1 aromatic heterocycles. The van der Waals surface area contributed by atoms with Crippen molar-refractivity contribution in [3.63, 3.8) is 0 Å². The Labute approximate surface area is 155 Å². The lowest BCUT2D eigenvalue weighted by molar-refractivity contribution is -0.144. The van der Waals surface area contributed by atoms with Crippen molar-refractivity contribution in [1.29, 1.82) is 0 Å². The van der Waals surface area contributed by atoms with Gasteiger partial charge in [0.25, 0.3) is 5.91 Å². The van der Waals surface area contributed by atoms with Crippen LogP contribution in [-0.4, -0.2) is 40.5 Å². The molecular weight excluding hydrogens is 358 g/mol. The first-order valence-electron chi connectivity index (χ1n) is 7.51. The van der Waals surface area contributed by atoms with E-state index in [1.54, 1.807) is 6.07 Å². The number of ether oxygens (including phenoxy) is 1. The predicted octanol–water partition coefficient (Wildman–Crippen LogP) is 3.09. The summed E-state index contributed by atoms with van der Waals surface area (Å²) in [5.74, 6) is -0.805. The number of aryl methyl sites for hydroxylation is 2. The molecule has 0 fully saturated rings. The number of hydrogen-bond donors (Lipinski definition) is 1. The standard InChI is InChI=1S/C17H19N3O3S2/c1-11-8-12(2)19-17(18-11)25-10-16(22)23-9-15(21)20-13-6-4-5-7-14(13)24-3/h4-8H,9-10H2,1-3H3,(H,20,21). The van der Waals surface area contributed by atoms with Crippen LogP contribution in [0.5, 0.6) is 0 Å². The summed E-state index contributed by atoms with van der Waals surface area (Å²) in [6.07, 6.45) is 1.93. The molecule has 25 heavy (non-hydrogen) atoms. The molecule has 0 radical (unpaired) electrons. The number of nitrogens with one attached hydrogen (secondary N) is 1. The van der Waals surface area contributed by atoms with Crippen LogP contribution in [0.25, 0.3) is 0 Å². The summed E-state index contributed by atoms with van der Waals surface area (Å²) in [5, 5.41) is 3.26. The zero-order chi connectivity index (χ0) is 18.2. The van der Waals surface area contributed by atoms with E-state index in [2.05, 4.69) is 15.3 Å². The normalized spacial score (nSPS) is 10.4. The van der Waals surface area contributed by atoms with Crippen molar-refractivity contribution in [2.75, 3.05) is 23.9 Å². The van der Waals surface area contributed by atoms with Gasteiger partial charge in [0, 0.05) is 16.3 Å². The number of anilines is 1. The van der Waals surface area contributed by atoms with Gasteiger partial charge in [0.1, 0.15) is 0 Å². The SMILES string of the molecule is CSc1ccccc1NC(=O)COC(=O)CSc1nc(C)cc(C)n1. The zero-order valence-electron chi connectivity index (χ0n) is 14.2. The van der Waals surface area contributed by atoms with Crippen LogP contribution in [0.3, 0.4) is 0 Å². The fourth-order valence-electron chi connectivity index (χ4n) is 2.00. The van der Waals surface area contributed by atoms with Crippen molar-refractivity contribution < 1.29 is 14.3 Å². The topological polar surface area (TPSA) is 81.2 Å². The number of carbonyl (C=O) groups is 2. The summed E-state index contributed by atoms with van der Waals surface area (Å²) < 4.78 is 5.00. The number of nitrogens with zero attached hydrogens (tertiary/aromatic N) is 2. The summed E-state index contributed by atoms with van der Waals surface area (Å²) in [6, 6.07) is 9.31. The molecule has 1 heterocycles. The van der Waals surface area contributed by atoms with Crippen LogP contribution in [-0.2, 0) is 14.3 Å². The second kappa shape index (κ2) is 9.43. The molecule has 6 nitrogen and oxygen atoms in total. The summed E-state index contributed by atoms with van der Waals surface area (Å²) in [4.78, 5) is 33.1. The summed E-state index contributed by atoms with van der Waals surface area (Å²) in [5.41, 5.74) is 2.39. The van der Waals surface area contributed by atoms with E-state index in [0.29, 0.717) is 10.8 Å². The summed E-state index contributed by atoms with van der Waals surface area (Å²) in [6.45, 7) is 3.41. The summed E-state index contributed by atoms with van der Waals surface area (Å²) in [7, 11) is 0. The highest BCUT2D eigenvalue weighted by Crippen LogP contribution is 2.24. The minimum Gasteiger partial charge on any atom is -0.455 e. The lowest BCUT2D eigenvalue weighted by atomic mass is 10.3. The molecule has 2 rings (SSSR count). The average Bonchev–Trinajstić information content (AvgIpc) is 2.58. The third-order valence-corrected chi connectivity index (χ3v) is 4.64. The van der Waals surface area contributed by atoms with E-state index in [9.17, 15) is 9.59 Å². The van der Waals surface area contributed by atoms with Crippen LogP contribution in [0, 0.1) is 13.8 Å². The Kier molecular flexibility index (Phi) is 7.27. The van der Waals surface area contributed by atoms with E-state index < -0.39 is 5.97 Å². The third-order valence-electron chi connectivity index (χ3n) is 3.03. The van der Waals surface area contributed by atoms with E-state index in [1.807, 2.05) is 44.4 Å². The van der Waals surface area contributed by atoms with E-state index in [1.165, 1.54) is 23.5 Å². The maximum atomic E-state index is 11.9. The van der Waals surface area contributed by atoms with E-state index in [-0.39, 0.29) is 18.3 Å². The highest BCUT2D eigenvalue weighted by atomic mass is 32.2. The van der Waals surface area contributed by atoms with Crippen LogP contribution in [0.1, 0.15) is 11.4 Å². The number of aromatic nitrogens is 2. The second-order valence-electron chi connectivity index (χ2n) is 5.13. The average molecular weight is 377 g/mol. The minimum atomic E-state index is -0.485. The smallest absolute Gasteiger partial charge is 0.316 e. The summed E-state index contributed by atoms with van der Waals surface area (Å²) >= 11 is 2.72. The van der Waals surface area contributed by atoms with Crippen LogP contribution in [0.15, 0.2) is 40.4 Å². The number of rotatable bonds is 7. The Morgan fingerprint density at radius 1 is 1.16 bits per heavy atom. The number of amides is 1. The van der Waals surface area contributed by atoms with Crippen molar-refractivity contribution in [3.05, 3.63) is 41.7 Å². The number of hydrogen-bond acceptors (Lipinski definition) is 7. The Bertz CT molecular complexity index is 748. The molecule has 1 amide bonds. The minimum absolute atomic E-state index is 0.0531. The van der Waals surface area contributed by atoms with Gasteiger partial charge in [-0.1, -0.05) is 23.9 Å². The van der Waals surface area contributed by atoms with Gasteiger partial charge in [-0.25, -0.2) is 9.97 Å². The van der Waals surface area contributed by atoms with Gasteiger partial charge in [0.2, 0.25) is 0 Å². The molecule has 8 heteroatoms. The van der Waals surface area contributed by atoms with Gasteiger partial charge in [0.05, 0.1) is 11.4 Å². The first kappa shape index (κ1) is 19.3. The Balaban J connectivity index is 1.78. The molecule has 0 unspecified atom stereocenters. The molecule has 0 saturated carbocycles. The van der Waals surface area contributed by atoms with Crippen LogP contribution in [0.4, 0.5) is 5.69 Å². The molecule has 1 aromatic carbocycles. The van der Waals surface area contributed by atoms with E-state index in [4.69, 9.17) is 4.74 Å². The van der Waals surface area contributed by atoms with Crippen molar-refractivity contribution in [2.24, 2.45) is 0 Å². The Morgan fingerprint density at radius 3 is 2.52 bits per heavy atom. The first-order valence-corrected chi connectivity index (χ1v) is 9.72. The predicted molar refractivity (Wildman–Crippen MR) is 100 cm³/mol. The molecule has 0 aliphatic heterocycles. The van der Waals surface area contributed by atoms with Gasteiger partial charge >= 0.3 is 5.97 Å². The number of carbonyl (C=O) groups excluding carboxylic acids is 2. The highest BCUT2D eigenvalue weighted by molar-refractivity contribution is 7.99. The fourth-order valence-corrected chi connectivity index (χ4v) is 3.30. The van der Waals surface area contributed by atoms with Crippen molar-refractivity contribution in [3.8, 4) is 0 Å². The molecule has 0 saturated heterocycles. The molecule has 0 atom stereocenters. The number of benzene rings is 1. The number of thioether (sulfide) groups is 2. The second-order valence-corrected chi connectivity index (χ2v) is 6.92. The molecular formula is C17H19N3O3S2. The molecule has 0 aliphatic rings. The monoisotopic (exact) mass is 377 g/mol. The van der Waals surface area contributed by atoms with Gasteiger partial charge in [0.15, 0.2) is 11.8 Å². The van der Waals surface area contributed by atoms with Gasteiger partial charge in [-0.3, -0.25) is 9.59 Å². The van der Waals surface area contributed by atoms with Gasteiger partial charge in [-0.2, -0.15) is 0 Å². The Hall–Kier alpha value is -2.06. The first-order chi connectivity index (χ1) is 12.0. The lowest BCUT2D eigenvalue weighted by Gasteiger charge is -2.09. The van der Waals surface area contributed by atoms with Gasteiger partial charge < -0.3 is 10.1 Å². The molecule has 0 spiro atoms. The third kappa shape index (κ3) is 6.39. The van der Waals surface area contributed by atoms with Gasteiger partial charge in [-0.05, 0) is 38.3 Å². The van der Waals surface area contributed by atoms with Crippen LogP contribution >= 0.6 is 23.5 Å². The van der Waals surface area contributed by atoms with Crippen molar-refractivity contribution >= 4 is 41.1 Å². The van der Waals surface area contributed by atoms with E-state index in [0.717, 1.165) is 16.3 Å². The van der Waals surface area contributed by atoms with Crippen molar-refractivity contribution in [2.45, 2.75) is 23.9 Å².